The van der Waals surface area contributed by atoms with Crippen molar-refractivity contribution in [3.05, 3.63) is 35.9 Å². The molecule has 4 aliphatic carbocycles. The number of nitrogens with one attached hydrogen (secondary N) is 3. The summed E-state index contributed by atoms with van der Waals surface area (Å²) in [5.74, 6) is 2.76. The highest BCUT2D eigenvalue weighted by molar-refractivity contribution is 5.78. The first kappa shape index (κ1) is 37.7. The van der Waals surface area contributed by atoms with Crippen molar-refractivity contribution in [2.45, 2.75) is 97.2 Å². The van der Waals surface area contributed by atoms with Crippen LogP contribution in [0.4, 0.5) is 0 Å². The third-order valence-corrected chi connectivity index (χ3v) is 14.1. The Morgan fingerprint density at radius 2 is 1.59 bits per heavy atom. The van der Waals surface area contributed by atoms with Gasteiger partial charge in [-0.3, -0.25) is 14.4 Å². The third kappa shape index (κ3) is 8.03. The van der Waals surface area contributed by atoms with E-state index in [1.807, 2.05) is 0 Å². The second kappa shape index (κ2) is 16.2. The first-order chi connectivity index (χ1) is 23.4. The summed E-state index contributed by atoms with van der Waals surface area (Å²) in [7, 11) is 2.21. The van der Waals surface area contributed by atoms with Crippen molar-refractivity contribution in [2.24, 2.45) is 69.5 Å². The normalized spacial score (nSPS) is 35.8. The van der Waals surface area contributed by atoms with Gasteiger partial charge in [0.15, 0.2) is 0 Å². The lowest BCUT2D eigenvalue weighted by atomic mass is 9.41. The summed E-state index contributed by atoms with van der Waals surface area (Å²) in [6.45, 7) is 10.0. The van der Waals surface area contributed by atoms with Crippen LogP contribution < -0.4 is 33.2 Å². The van der Waals surface area contributed by atoms with E-state index in [1.165, 1.54) is 5.56 Å². The molecular weight excluding hydrogens is 614 g/mol. The van der Waals surface area contributed by atoms with E-state index in [-0.39, 0.29) is 60.3 Å². The maximum atomic E-state index is 13.1. The zero-order valence-corrected chi connectivity index (χ0v) is 30.6. The first-order valence-electron chi connectivity index (χ1n) is 19.1. The molecule has 4 aliphatic rings. The topological polar surface area (TPSA) is 169 Å². The van der Waals surface area contributed by atoms with Gasteiger partial charge in [-0.25, -0.2) is 0 Å². The smallest absolute Gasteiger partial charge is 0.233 e. The van der Waals surface area contributed by atoms with Gasteiger partial charge in [-0.1, -0.05) is 51.1 Å². The van der Waals surface area contributed by atoms with Crippen LogP contribution in [0, 0.1) is 52.3 Å². The van der Waals surface area contributed by atoms with Crippen molar-refractivity contribution in [2.75, 3.05) is 39.8 Å². The van der Waals surface area contributed by atoms with Gasteiger partial charge >= 0.3 is 0 Å². The predicted octanol–water partition coefficient (Wildman–Crippen LogP) is 2.99. The second-order valence-electron chi connectivity index (χ2n) is 16.7. The van der Waals surface area contributed by atoms with Gasteiger partial charge in [-0.2, -0.15) is 0 Å². The summed E-state index contributed by atoms with van der Waals surface area (Å²) in [5, 5.41) is 9.87. The molecule has 0 saturated heterocycles. The minimum atomic E-state index is -0.108. The van der Waals surface area contributed by atoms with Crippen molar-refractivity contribution >= 4 is 17.7 Å². The zero-order valence-electron chi connectivity index (χ0n) is 30.6. The number of carbonyl (C=O) groups excluding carboxylic acids is 3. The number of carbonyl (C=O) groups is 3. The fourth-order valence-electron chi connectivity index (χ4n) is 11.7. The number of nitrogens with two attached hydrogens (primary N) is 3. The lowest BCUT2D eigenvalue weighted by molar-refractivity contribution is -0.159. The van der Waals surface area contributed by atoms with E-state index in [0.717, 1.165) is 70.9 Å². The first-order valence-corrected chi connectivity index (χ1v) is 19.1. The summed E-state index contributed by atoms with van der Waals surface area (Å²) >= 11 is 0. The van der Waals surface area contributed by atoms with Gasteiger partial charge in [-0.05, 0) is 129 Å². The average Bonchev–Trinajstić information content (AvgIpc) is 3.46. The molecule has 1 aromatic rings. The monoisotopic (exact) mass is 680 g/mol. The Hall–Kier alpha value is -2.53. The van der Waals surface area contributed by atoms with E-state index >= 15 is 0 Å². The molecule has 9 N–H and O–H groups in total. The Morgan fingerprint density at radius 3 is 2.29 bits per heavy atom. The van der Waals surface area contributed by atoms with Crippen molar-refractivity contribution < 1.29 is 14.4 Å². The van der Waals surface area contributed by atoms with Gasteiger partial charge < -0.3 is 38.1 Å². The van der Waals surface area contributed by atoms with E-state index < -0.39 is 0 Å². The van der Waals surface area contributed by atoms with Gasteiger partial charge in [-0.15, -0.1) is 0 Å². The number of hydrogen-bond acceptors (Lipinski definition) is 7. The maximum Gasteiger partial charge on any atom is 0.233 e. The predicted molar refractivity (Wildman–Crippen MR) is 195 cm³/mol. The van der Waals surface area contributed by atoms with Crippen LogP contribution in [0.3, 0.4) is 0 Å². The van der Waals surface area contributed by atoms with Crippen LogP contribution in [0.15, 0.2) is 30.3 Å². The van der Waals surface area contributed by atoms with E-state index in [4.69, 9.17) is 17.2 Å². The maximum absolute atomic E-state index is 13.1. The van der Waals surface area contributed by atoms with E-state index in [2.05, 4.69) is 79.0 Å². The standard InChI is InChI=1S/C39H65N7O3/c1-25(9-8-16-46(4)24-26-10-6-5-7-11-26)30-12-13-31-37-27(23-43-34(47)20-40)17-28-18-29(44-35(48)21-41)14-15-38(28,2)32(37)19-33(39(30,31)3)45-36(49)22-42/h5-7,10-11,25,27-33,37H,8-9,12-24,40-42H2,1-4H3,(H,43,47)(H,44,48)(H,45,49)/t25-,27+,28-,29-,30-,31+,32+,33+,37+,38+,39-/m1/s1. The average molecular weight is 680 g/mol. The Labute approximate surface area is 294 Å². The van der Waals surface area contributed by atoms with Crippen LogP contribution in [0.2, 0.25) is 0 Å². The van der Waals surface area contributed by atoms with Crippen molar-refractivity contribution in [1.82, 2.24) is 20.9 Å². The van der Waals surface area contributed by atoms with Crippen molar-refractivity contribution in [1.29, 1.82) is 0 Å². The Bertz CT molecular complexity index is 1280. The van der Waals surface area contributed by atoms with E-state index in [1.54, 1.807) is 0 Å². The van der Waals surface area contributed by atoms with Crippen LogP contribution in [-0.2, 0) is 20.9 Å². The quantitative estimate of drug-likeness (QED) is 0.176. The summed E-state index contributed by atoms with van der Waals surface area (Å²) in [6, 6.07) is 10.8. The van der Waals surface area contributed by atoms with E-state index in [9.17, 15) is 14.4 Å². The third-order valence-electron chi connectivity index (χ3n) is 14.1. The molecule has 10 heteroatoms. The number of nitrogens with zero attached hydrogens (tertiary/aromatic N) is 1. The molecule has 11 atom stereocenters. The fraction of sp³-hybridized carbons (Fsp3) is 0.769. The molecule has 0 unspecified atom stereocenters. The SMILES string of the molecule is C[C@H](CCCN(C)Cc1ccccc1)[C@H]1CC[C@H]2[C@@H]3[C@H](CNC(=O)CN)C[C@@H]4C[C@H](NC(=O)CN)CC[C@]4(C)[C@H]3C[C@H](NC(=O)CN)[C@]12C. The molecule has 10 nitrogen and oxygen atoms in total. The highest BCUT2D eigenvalue weighted by Gasteiger charge is 2.66. The summed E-state index contributed by atoms with van der Waals surface area (Å²) < 4.78 is 0. The largest absolute Gasteiger partial charge is 0.355 e. The minimum absolute atomic E-state index is 0.00361. The molecule has 1 aromatic carbocycles. The van der Waals surface area contributed by atoms with Gasteiger partial charge in [0, 0.05) is 25.2 Å². The van der Waals surface area contributed by atoms with Gasteiger partial charge in [0.1, 0.15) is 0 Å². The molecular formula is C39H65N7O3. The van der Waals surface area contributed by atoms with Gasteiger partial charge in [0.05, 0.1) is 19.6 Å². The minimum Gasteiger partial charge on any atom is -0.355 e. The fourth-order valence-corrected chi connectivity index (χ4v) is 11.7. The molecule has 5 rings (SSSR count). The molecule has 49 heavy (non-hydrogen) atoms. The number of rotatable bonds is 14. The molecule has 3 amide bonds. The van der Waals surface area contributed by atoms with Crippen molar-refractivity contribution in [3.8, 4) is 0 Å². The molecule has 0 spiro atoms. The molecule has 4 saturated carbocycles. The van der Waals surface area contributed by atoms with Crippen LogP contribution in [0.25, 0.3) is 0 Å². The molecule has 0 heterocycles. The summed E-state index contributed by atoms with van der Waals surface area (Å²) in [6.07, 6.45) is 9.46. The number of amides is 3. The second-order valence-corrected chi connectivity index (χ2v) is 16.7. The highest BCUT2D eigenvalue weighted by Crippen LogP contribution is 2.69. The van der Waals surface area contributed by atoms with Crippen LogP contribution in [0.5, 0.6) is 0 Å². The Balaban J connectivity index is 1.38. The van der Waals surface area contributed by atoms with E-state index in [0.29, 0.717) is 48.0 Å². The Morgan fingerprint density at radius 1 is 0.898 bits per heavy atom. The lowest BCUT2D eigenvalue weighted by Crippen LogP contribution is -2.65. The zero-order chi connectivity index (χ0) is 35.3. The number of fused-ring (bicyclic) bond motifs is 5. The highest BCUT2D eigenvalue weighted by atomic mass is 16.2. The molecule has 274 valence electrons. The molecule has 4 fully saturated rings. The number of benzene rings is 1. The van der Waals surface area contributed by atoms with Gasteiger partial charge in [0.25, 0.3) is 0 Å². The molecule has 0 aliphatic heterocycles. The van der Waals surface area contributed by atoms with Crippen LogP contribution in [0.1, 0.15) is 84.1 Å². The molecule has 0 aromatic heterocycles. The summed E-state index contributed by atoms with van der Waals surface area (Å²) in [4.78, 5) is 40.3. The molecule has 0 radical (unpaired) electrons. The van der Waals surface area contributed by atoms with Crippen molar-refractivity contribution in [3.63, 3.8) is 0 Å². The summed E-state index contributed by atoms with van der Waals surface area (Å²) in [5.41, 5.74) is 18.7. The Kier molecular flexibility index (Phi) is 12.5. The van der Waals surface area contributed by atoms with Crippen LogP contribution in [-0.4, -0.2) is 74.5 Å². The molecule has 0 bridgehead atoms. The van der Waals surface area contributed by atoms with Crippen LogP contribution >= 0.6 is 0 Å². The van der Waals surface area contributed by atoms with Gasteiger partial charge in [0.2, 0.25) is 17.7 Å². The number of hydrogen-bond donors (Lipinski definition) is 6. The lowest BCUT2D eigenvalue weighted by Gasteiger charge is -2.65.